The minimum Gasteiger partial charge on any atom is -0.384 e. The van der Waals surface area contributed by atoms with Crippen LogP contribution in [0.5, 0.6) is 0 Å². The summed E-state index contributed by atoms with van der Waals surface area (Å²) in [7, 11) is 0. The van der Waals surface area contributed by atoms with Crippen LogP contribution in [0.25, 0.3) is 0 Å². The molecule has 0 saturated heterocycles. The lowest BCUT2D eigenvalue weighted by Gasteiger charge is -2.51. The van der Waals surface area contributed by atoms with Gasteiger partial charge in [-0.2, -0.15) is 5.26 Å². The van der Waals surface area contributed by atoms with Crippen LogP contribution >= 0.6 is 0 Å². The molecule has 0 spiro atoms. The Morgan fingerprint density at radius 1 is 1.19 bits per heavy atom. The first-order valence-electron chi connectivity index (χ1n) is 10.2. The zero-order chi connectivity index (χ0) is 22.3. The number of nitrogens with zero attached hydrogens (tertiary/aromatic N) is 3. The predicted molar refractivity (Wildman–Crippen MR) is 117 cm³/mol. The minimum atomic E-state index is -0.613. The number of Topliss-reactive ketones (excluding diaryl/α,β-unsaturated/α-hetero) is 1. The number of para-hydroxylation sites is 1. The standard InChI is InChI=1S/C24H24N4O3/c1-24(2)12-19-22(20(29)13-24)21(15-7-6-10-17(11-15)28(30)31)18(14-25)23(26)27(19)16-8-4-3-5-9-16/h3-11,19,21-22H,12-13,26H2,1-2H3. The molecule has 2 aromatic carbocycles. The molecule has 158 valence electrons. The monoisotopic (exact) mass is 416 g/mol. The van der Waals surface area contributed by atoms with Crippen LogP contribution < -0.4 is 10.6 Å². The van der Waals surface area contributed by atoms with Gasteiger partial charge >= 0.3 is 0 Å². The molecule has 0 aromatic heterocycles. The summed E-state index contributed by atoms with van der Waals surface area (Å²) in [5, 5.41) is 21.4. The molecule has 0 radical (unpaired) electrons. The number of hydrogen-bond donors (Lipinski definition) is 1. The summed E-state index contributed by atoms with van der Waals surface area (Å²) < 4.78 is 0. The fourth-order valence-corrected chi connectivity index (χ4v) is 5.13. The van der Waals surface area contributed by atoms with Crippen molar-refractivity contribution in [3.05, 3.63) is 81.7 Å². The highest BCUT2D eigenvalue weighted by atomic mass is 16.6. The van der Waals surface area contributed by atoms with Crippen LogP contribution in [-0.4, -0.2) is 16.7 Å². The van der Waals surface area contributed by atoms with Crippen LogP contribution in [-0.2, 0) is 4.79 Å². The first-order valence-corrected chi connectivity index (χ1v) is 10.2. The number of allylic oxidation sites excluding steroid dienone is 1. The Hall–Kier alpha value is -3.66. The maximum atomic E-state index is 13.5. The summed E-state index contributed by atoms with van der Waals surface area (Å²) in [6.45, 7) is 4.12. The summed E-state index contributed by atoms with van der Waals surface area (Å²) in [4.78, 5) is 26.3. The molecule has 2 N–H and O–H groups in total. The molecule has 7 nitrogen and oxygen atoms in total. The third-order valence-electron chi connectivity index (χ3n) is 6.33. The molecule has 1 saturated carbocycles. The second-order valence-electron chi connectivity index (χ2n) is 9.05. The van der Waals surface area contributed by atoms with Gasteiger partial charge in [-0.25, -0.2) is 0 Å². The average Bonchev–Trinajstić information content (AvgIpc) is 2.72. The predicted octanol–water partition coefficient (Wildman–Crippen LogP) is 4.27. The van der Waals surface area contributed by atoms with E-state index in [4.69, 9.17) is 5.73 Å². The number of rotatable bonds is 3. The Morgan fingerprint density at radius 3 is 2.55 bits per heavy atom. The van der Waals surface area contributed by atoms with Crippen molar-refractivity contribution >= 4 is 17.2 Å². The van der Waals surface area contributed by atoms with Gasteiger partial charge in [-0.05, 0) is 29.5 Å². The molecule has 1 fully saturated rings. The van der Waals surface area contributed by atoms with E-state index < -0.39 is 16.8 Å². The van der Waals surface area contributed by atoms with E-state index >= 15 is 0 Å². The van der Waals surface area contributed by atoms with Crippen molar-refractivity contribution in [3.8, 4) is 6.07 Å². The number of carbonyl (C=O) groups is 1. The molecule has 2 aliphatic rings. The second-order valence-corrected chi connectivity index (χ2v) is 9.05. The quantitative estimate of drug-likeness (QED) is 0.590. The normalized spacial score (nSPS) is 25.0. The molecule has 4 rings (SSSR count). The highest BCUT2D eigenvalue weighted by molar-refractivity contribution is 5.87. The summed E-state index contributed by atoms with van der Waals surface area (Å²) in [5.41, 5.74) is 7.96. The Balaban J connectivity index is 1.95. The number of anilines is 1. The number of carbonyl (C=O) groups excluding carboxylic acids is 1. The number of nitro benzene ring substituents is 1. The van der Waals surface area contributed by atoms with Gasteiger partial charge in [-0.3, -0.25) is 14.9 Å². The third-order valence-corrected chi connectivity index (χ3v) is 6.33. The smallest absolute Gasteiger partial charge is 0.269 e. The van der Waals surface area contributed by atoms with Gasteiger partial charge in [-0.1, -0.05) is 44.2 Å². The third kappa shape index (κ3) is 3.55. The lowest BCUT2D eigenvalue weighted by molar-refractivity contribution is -0.384. The Bertz CT molecular complexity index is 1120. The van der Waals surface area contributed by atoms with E-state index in [1.807, 2.05) is 35.2 Å². The molecule has 1 aliphatic carbocycles. The van der Waals surface area contributed by atoms with Gasteiger partial charge in [0.15, 0.2) is 0 Å². The molecule has 1 aliphatic heterocycles. The van der Waals surface area contributed by atoms with Crippen LogP contribution in [0.1, 0.15) is 38.2 Å². The molecule has 1 heterocycles. The largest absolute Gasteiger partial charge is 0.384 e. The molecule has 0 bridgehead atoms. The molecule has 2 aromatic rings. The molecular weight excluding hydrogens is 392 g/mol. The second kappa shape index (κ2) is 7.55. The van der Waals surface area contributed by atoms with Crippen molar-refractivity contribution < 1.29 is 9.72 Å². The van der Waals surface area contributed by atoms with Crippen molar-refractivity contribution in [2.24, 2.45) is 17.1 Å². The zero-order valence-corrected chi connectivity index (χ0v) is 17.5. The van der Waals surface area contributed by atoms with Gasteiger partial charge in [0.05, 0.1) is 22.5 Å². The van der Waals surface area contributed by atoms with Crippen molar-refractivity contribution in [2.45, 2.75) is 38.6 Å². The highest BCUT2D eigenvalue weighted by Crippen LogP contribution is 2.51. The summed E-state index contributed by atoms with van der Waals surface area (Å²) in [6.07, 6.45) is 1.10. The molecule has 7 heteroatoms. The number of fused-ring (bicyclic) bond motifs is 1. The lowest BCUT2D eigenvalue weighted by atomic mass is 9.61. The van der Waals surface area contributed by atoms with E-state index in [0.717, 1.165) is 5.69 Å². The number of non-ortho nitro benzene ring substituents is 1. The minimum absolute atomic E-state index is 0.0546. The Morgan fingerprint density at radius 2 is 1.90 bits per heavy atom. The summed E-state index contributed by atoms with van der Waals surface area (Å²) in [5.74, 6) is -0.772. The number of nitrogens with two attached hydrogens (primary N) is 1. The van der Waals surface area contributed by atoms with Gasteiger partial charge in [0.1, 0.15) is 11.6 Å². The van der Waals surface area contributed by atoms with Crippen LogP contribution in [0.4, 0.5) is 11.4 Å². The van der Waals surface area contributed by atoms with E-state index in [9.17, 15) is 20.2 Å². The maximum absolute atomic E-state index is 13.5. The fourth-order valence-electron chi connectivity index (χ4n) is 5.13. The van der Waals surface area contributed by atoms with E-state index in [1.54, 1.807) is 12.1 Å². The van der Waals surface area contributed by atoms with Crippen LogP contribution in [0.2, 0.25) is 0 Å². The molecular formula is C24H24N4O3. The number of nitriles is 1. The average molecular weight is 416 g/mol. The first-order chi connectivity index (χ1) is 14.7. The zero-order valence-electron chi connectivity index (χ0n) is 17.5. The van der Waals surface area contributed by atoms with Gasteiger partial charge in [-0.15, -0.1) is 0 Å². The Labute approximate surface area is 180 Å². The van der Waals surface area contributed by atoms with Crippen LogP contribution in [0.15, 0.2) is 66.0 Å². The van der Waals surface area contributed by atoms with Crippen molar-refractivity contribution in [1.29, 1.82) is 5.26 Å². The molecule has 3 unspecified atom stereocenters. The SMILES string of the molecule is CC1(C)CC(=O)C2C(c3cccc([N+](=O)[O-])c3)C(C#N)=C(N)N(c3ccccc3)C2C1. The van der Waals surface area contributed by atoms with Crippen molar-refractivity contribution in [1.82, 2.24) is 0 Å². The highest BCUT2D eigenvalue weighted by Gasteiger charge is 2.52. The number of nitro groups is 1. The lowest BCUT2D eigenvalue weighted by Crippen LogP contribution is -2.56. The van der Waals surface area contributed by atoms with Crippen LogP contribution in [0.3, 0.4) is 0 Å². The fraction of sp³-hybridized carbons (Fsp3) is 0.333. The van der Waals surface area contributed by atoms with Gasteiger partial charge in [0, 0.05) is 36.2 Å². The van der Waals surface area contributed by atoms with Gasteiger partial charge in [0.25, 0.3) is 5.69 Å². The summed E-state index contributed by atoms with van der Waals surface area (Å²) >= 11 is 0. The maximum Gasteiger partial charge on any atom is 0.269 e. The molecule has 0 amide bonds. The Kier molecular flexibility index (Phi) is 5.02. The number of benzene rings is 2. The van der Waals surface area contributed by atoms with E-state index in [2.05, 4.69) is 19.9 Å². The van der Waals surface area contributed by atoms with Crippen molar-refractivity contribution in [2.75, 3.05) is 4.90 Å². The van der Waals surface area contributed by atoms with Gasteiger partial charge < -0.3 is 10.6 Å². The van der Waals surface area contributed by atoms with Gasteiger partial charge in [0.2, 0.25) is 0 Å². The van der Waals surface area contributed by atoms with E-state index in [1.165, 1.54) is 12.1 Å². The molecule has 31 heavy (non-hydrogen) atoms. The van der Waals surface area contributed by atoms with Crippen molar-refractivity contribution in [3.63, 3.8) is 0 Å². The van der Waals surface area contributed by atoms with E-state index in [-0.39, 0.29) is 28.5 Å². The number of ketones is 1. The van der Waals surface area contributed by atoms with E-state index in [0.29, 0.717) is 24.2 Å². The number of hydrogen-bond acceptors (Lipinski definition) is 6. The first kappa shape index (κ1) is 20.6. The topological polar surface area (TPSA) is 113 Å². The summed E-state index contributed by atoms with van der Waals surface area (Å²) in [6, 6.07) is 17.7. The molecule has 3 atom stereocenters. The van der Waals surface area contributed by atoms with Crippen LogP contribution in [0, 0.1) is 32.8 Å².